The van der Waals surface area contributed by atoms with E-state index in [1.165, 1.54) is 35.7 Å². The third kappa shape index (κ3) is 5.53. The van der Waals surface area contributed by atoms with E-state index in [1.807, 2.05) is 0 Å². The molecule has 1 saturated heterocycles. The Bertz CT molecular complexity index is 1070. The number of carbonyl (C=O) groups excluding carboxylic acids is 2. The van der Waals surface area contributed by atoms with Crippen LogP contribution in [0, 0.1) is 0 Å². The largest absolute Gasteiger partial charge is 0.496 e. The first-order valence-electron chi connectivity index (χ1n) is 9.30. The normalized spacial score (nSPS) is 14.6. The lowest BCUT2D eigenvalue weighted by Gasteiger charge is -2.26. The highest BCUT2D eigenvalue weighted by Gasteiger charge is 2.27. The number of anilines is 1. The zero-order valence-electron chi connectivity index (χ0n) is 16.7. The lowest BCUT2D eigenvalue weighted by Crippen LogP contribution is -2.40. The van der Waals surface area contributed by atoms with Crippen LogP contribution in [0.2, 0.25) is 5.02 Å². The van der Waals surface area contributed by atoms with Crippen molar-refractivity contribution in [3.05, 3.63) is 53.1 Å². The second-order valence-electron chi connectivity index (χ2n) is 6.48. The molecule has 166 valence electrons. The molecule has 1 fully saturated rings. The van der Waals surface area contributed by atoms with Gasteiger partial charge in [0.15, 0.2) is 6.61 Å². The van der Waals surface area contributed by atoms with Crippen molar-refractivity contribution in [3.8, 4) is 5.75 Å². The molecule has 0 aromatic heterocycles. The highest BCUT2D eigenvalue weighted by molar-refractivity contribution is 7.89. The molecular formula is C20H21ClN2O7S. The highest BCUT2D eigenvalue weighted by atomic mass is 35.5. The van der Waals surface area contributed by atoms with Crippen LogP contribution in [0.1, 0.15) is 10.4 Å². The fraction of sp³-hybridized carbons (Fsp3) is 0.300. The number of benzene rings is 2. The number of amides is 1. The molecule has 0 atom stereocenters. The smallest absolute Gasteiger partial charge is 0.342 e. The van der Waals surface area contributed by atoms with E-state index in [9.17, 15) is 18.0 Å². The summed E-state index contributed by atoms with van der Waals surface area (Å²) in [5.74, 6) is -1.09. The van der Waals surface area contributed by atoms with E-state index in [2.05, 4.69) is 5.32 Å². The Morgan fingerprint density at radius 2 is 1.87 bits per heavy atom. The zero-order chi connectivity index (χ0) is 22.4. The Hall–Kier alpha value is -2.66. The van der Waals surface area contributed by atoms with Crippen LogP contribution in [0.25, 0.3) is 0 Å². The topological polar surface area (TPSA) is 111 Å². The fourth-order valence-electron chi connectivity index (χ4n) is 2.91. The van der Waals surface area contributed by atoms with Gasteiger partial charge in [0.1, 0.15) is 11.3 Å². The van der Waals surface area contributed by atoms with E-state index < -0.39 is 28.5 Å². The number of ether oxygens (including phenoxy) is 3. The van der Waals surface area contributed by atoms with Gasteiger partial charge in [0, 0.05) is 13.1 Å². The summed E-state index contributed by atoms with van der Waals surface area (Å²) in [6.45, 7) is 0.521. The number of halogens is 1. The van der Waals surface area contributed by atoms with Gasteiger partial charge in [-0.1, -0.05) is 23.7 Å². The van der Waals surface area contributed by atoms with E-state index in [4.69, 9.17) is 25.8 Å². The number of sulfonamides is 1. The number of methoxy groups -OCH3 is 1. The number of rotatable bonds is 7. The first-order valence-corrected chi connectivity index (χ1v) is 11.1. The summed E-state index contributed by atoms with van der Waals surface area (Å²) >= 11 is 6.11. The van der Waals surface area contributed by atoms with Crippen LogP contribution >= 0.6 is 11.6 Å². The Labute approximate surface area is 184 Å². The van der Waals surface area contributed by atoms with Crippen molar-refractivity contribution < 1.29 is 32.2 Å². The first kappa shape index (κ1) is 23.0. The molecule has 1 aliphatic rings. The summed E-state index contributed by atoms with van der Waals surface area (Å²) in [5.41, 5.74) is 0.267. The molecule has 3 rings (SSSR count). The zero-order valence-corrected chi connectivity index (χ0v) is 18.2. The molecule has 2 aromatic carbocycles. The van der Waals surface area contributed by atoms with E-state index in [0.29, 0.717) is 19.0 Å². The minimum absolute atomic E-state index is 0.0138. The third-order valence-corrected chi connectivity index (χ3v) is 6.71. The molecule has 0 bridgehead atoms. The number of nitrogens with one attached hydrogen (secondary N) is 1. The van der Waals surface area contributed by atoms with Crippen LogP contribution in [0.5, 0.6) is 5.75 Å². The third-order valence-electron chi connectivity index (χ3n) is 4.48. The molecule has 0 saturated carbocycles. The Kier molecular flexibility index (Phi) is 7.50. The number of hydrogen-bond acceptors (Lipinski definition) is 7. The Morgan fingerprint density at radius 1 is 1.16 bits per heavy atom. The molecule has 0 aliphatic carbocycles. The van der Waals surface area contributed by atoms with Gasteiger partial charge in [0.2, 0.25) is 10.0 Å². The van der Waals surface area contributed by atoms with Crippen molar-refractivity contribution in [2.24, 2.45) is 0 Å². The van der Waals surface area contributed by atoms with Crippen LogP contribution in [-0.2, 0) is 24.3 Å². The number of para-hydroxylation sites is 1. The van der Waals surface area contributed by atoms with Gasteiger partial charge in [-0.05, 0) is 30.3 Å². The second kappa shape index (κ2) is 10.1. The number of morpholine rings is 1. The average Bonchev–Trinajstić information content (AvgIpc) is 2.79. The Morgan fingerprint density at radius 3 is 2.58 bits per heavy atom. The Balaban J connectivity index is 1.67. The van der Waals surface area contributed by atoms with Crippen LogP contribution < -0.4 is 10.1 Å². The van der Waals surface area contributed by atoms with E-state index in [-0.39, 0.29) is 34.3 Å². The van der Waals surface area contributed by atoms with Crippen molar-refractivity contribution in [2.75, 3.05) is 45.3 Å². The number of esters is 1. The molecule has 11 heteroatoms. The molecule has 0 unspecified atom stereocenters. The standard InChI is InChI=1S/C20H21ClN2O7S/c1-28-18-5-3-2-4-15(18)20(25)30-13-19(24)22-17-12-14(6-7-16(17)21)31(26,27)23-8-10-29-11-9-23/h2-7,12H,8-11,13H2,1H3,(H,22,24). The van der Waals surface area contributed by atoms with Crippen molar-refractivity contribution in [2.45, 2.75) is 4.90 Å². The van der Waals surface area contributed by atoms with Crippen molar-refractivity contribution in [3.63, 3.8) is 0 Å². The molecule has 0 radical (unpaired) electrons. The molecule has 1 aliphatic heterocycles. The quantitative estimate of drug-likeness (QED) is 0.620. The van der Waals surface area contributed by atoms with Crippen LogP contribution in [-0.4, -0.2) is 64.6 Å². The molecule has 1 heterocycles. The summed E-state index contributed by atoms with van der Waals surface area (Å²) in [6, 6.07) is 10.5. The number of carbonyl (C=O) groups is 2. The molecule has 31 heavy (non-hydrogen) atoms. The summed E-state index contributed by atoms with van der Waals surface area (Å²) in [5, 5.41) is 2.62. The first-order chi connectivity index (χ1) is 14.8. The maximum absolute atomic E-state index is 12.8. The van der Waals surface area contributed by atoms with Gasteiger partial charge in [-0.15, -0.1) is 0 Å². The second-order valence-corrected chi connectivity index (χ2v) is 8.83. The van der Waals surface area contributed by atoms with Crippen molar-refractivity contribution >= 4 is 39.2 Å². The number of hydrogen-bond donors (Lipinski definition) is 1. The fourth-order valence-corrected chi connectivity index (χ4v) is 4.50. The summed E-state index contributed by atoms with van der Waals surface area (Å²) in [6.07, 6.45) is 0. The van der Waals surface area contributed by atoms with Gasteiger partial charge in [-0.2, -0.15) is 4.31 Å². The monoisotopic (exact) mass is 468 g/mol. The van der Waals surface area contributed by atoms with Crippen LogP contribution in [0.15, 0.2) is 47.4 Å². The van der Waals surface area contributed by atoms with E-state index in [0.717, 1.165) is 0 Å². The maximum Gasteiger partial charge on any atom is 0.342 e. The average molecular weight is 469 g/mol. The molecular weight excluding hydrogens is 448 g/mol. The van der Waals surface area contributed by atoms with Gasteiger partial charge in [-0.25, -0.2) is 13.2 Å². The predicted octanol–water partition coefficient (Wildman–Crippen LogP) is 2.16. The lowest BCUT2D eigenvalue weighted by molar-refractivity contribution is -0.119. The van der Waals surface area contributed by atoms with E-state index in [1.54, 1.807) is 18.2 Å². The number of nitrogens with zero attached hydrogens (tertiary/aromatic N) is 1. The lowest BCUT2D eigenvalue weighted by atomic mass is 10.2. The highest BCUT2D eigenvalue weighted by Crippen LogP contribution is 2.27. The van der Waals surface area contributed by atoms with Crippen molar-refractivity contribution in [1.82, 2.24) is 4.31 Å². The minimum Gasteiger partial charge on any atom is -0.496 e. The van der Waals surface area contributed by atoms with Gasteiger partial charge in [0.25, 0.3) is 5.91 Å². The molecule has 1 N–H and O–H groups in total. The van der Waals surface area contributed by atoms with Crippen molar-refractivity contribution in [1.29, 1.82) is 0 Å². The summed E-state index contributed by atoms with van der Waals surface area (Å²) in [7, 11) is -2.35. The summed E-state index contributed by atoms with van der Waals surface area (Å²) in [4.78, 5) is 24.5. The molecule has 2 aromatic rings. The maximum atomic E-state index is 12.8. The summed E-state index contributed by atoms with van der Waals surface area (Å²) < 4.78 is 42.2. The SMILES string of the molecule is COc1ccccc1C(=O)OCC(=O)Nc1cc(S(=O)(=O)N2CCOCC2)ccc1Cl. The van der Waals surface area contributed by atoms with Gasteiger partial charge < -0.3 is 19.5 Å². The van der Waals surface area contributed by atoms with Crippen LogP contribution in [0.3, 0.4) is 0 Å². The minimum atomic E-state index is -3.76. The molecule has 1 amide bonds. The van der Waals surface area contributed by atoms with Gasteiger partial charge >= 0.3 is 5.97 Å². The van der Waals surface area contributed by atoms with Crippen LogP contribution in [0.4, 0.5) is 5.69 Å². The van der Waals surface area contributed by atoms with Gasteiger partial charge in [-0.3, -0.25) is 4.79 Å². The molecule has 9 nitrogen and oxygen atoms in total. The molecule has 0 spiro atoms. The van der Waals surface area contributed by atoms with E-state index >= 15 is 0 Å². The van der Waals surface area contributed by atoms with Gasteiger partial charge in [0.05, 0.1) is 35.9 Å². The predicted molar refractivity (Wildman–Crippen MR) is 113 cm³/mol.